The van der Waals surface area contributed by atoms with Gasteiger partial charge in [0.05, 0.1) is 7.11 Å². The first-order valence-corrected chi connectivity index (χ1v) is 7.49. The number of ether oxygens (including phenoxy) is 1. The van der Waals surface area contributed by atoms with Crippen LogP contribution < -0.4 is 16.0 Å². The van der Waals surface area contributed by atoms with E-state index in [1.165, 1.54) is 0 Å². The maximum atomic E-state index is 13.3. The second-order valence-electron chi connectivity index (χ2n) is 5.63. The fraction of sp³-hybridized carbons (Fsp3) is 0.600. The quantitative estimate of drug-likeness (QED) is 0.645. The van der Waals surface area contributed by atoms with Crippen molar-refractivity contribution in [2.24, 2.45) is 11.8 Å². The van der Waals surface area contributed by atoms with Crippen molar-refractivity contribution in [3.63, 3.8) is 0 Å². The van der Waals surface area contributed by atoms with Gasteiger partial charge in [-0.1, -0.05) is 11.6 Å². The van der Waals surface area contributed by atoms with Crippen molar-refractivity contribution in [3.8, 4) is 5.75 Å². The van der Waals surface area contributed by atoms with Crippen LogP contribution in [-0.4, -0.2) is 19.1 Å². The van der Waals surface area contributed by atoms with E-state index in [9.17, 15) is 8.78 Å². The molecule has 6 heteroatoms. The van der Waals surface area contributed by atoms with Crippen LogP contribution in [0.3, 0.4) is 0 Å². The van der Waals surface area contributed by atoms with E-state index in [1.54, 1.807) is 19.2 Å². The Bertz CT molecular complexity index is 475. The molecule has 1 aromatic rings. The minimum atomic E-state index is -2.52. The molecule has 3 nitrogen and oxygen atoms in total. The first-order valence-electron chi connectivity index (χ1n) is 7.11. The van der Waals surface area contributed by atoms with Crippen LogP contribution in [0.2, 0.25) is 5.02 Å². The van der Waals surface area contributed by atoms with Crippen molar-refractivity contribution in [1.29, 1.82) is 0 Å². The summed E-state index contributed by atoms with van der Waals surface area (Å²) in [6.07, 6.45) is 1.43. The lowest BCUT2D eigenvalue weighted by atomic mass is 9.80. The smallest absolute Gasteiger partial charge is 0.248 e. The molecule has 118 valence electrons. The van der Waals surface area contributed by atoms with Gasteiger partial charge in [-0.15, -0.1) is 0 Å². The van der Waals surface area contributed by atoms with Gasteiger partial charge in [-0.05, 0) is 48.9 Å². The Morgan fingerprint density at radius 2 is 2.10 bits per heavy atom. The molecular formula is C15H21ClF2N2O. The minimum absolute atomic E-state index is 0.0616. The standard InChI is InChI=1S/C15H21ClF2N2O/c1-21-14-3-2-12(16)8-11(14)9-13(20-19)10-4-6-15(17,18)7-5-10/h2-3,8,10,13,20H,4-7,9,19H2,1H3. The number of hydrazine groups is 1. The van der Waals surface area contributed by atoms with Gasteiger partial charge < -0.3 is 4.74 Å². The Hall–Kier alpha value is -0.910. The maximum Gasteiger partial charge on any atom is 0.248 e. The number of rotatable bonds is 5. The predicted molar refractivity (Wildman–Crippen MR) is 79.7 cm³/mol. The zero-order valence-corrected chi connectivity index (χ0v) is 12.8. The molecule has 0 heterocycles. The molecule has 0 spiro atoms. The molecule has 1 saturated carbocycles. The number of nitrogens with one attached hydrogen (secondary N) is 1. The highest BCUT2D eigenvalue weighted by Gasteiger charge is 2.37. The van der Waals surface area contributed by atoms with Crippen LogP contribution in [0.5, 0.6) is 5.75 Å². The van der Waals surface area contributed by atoms with Crippen molar-refractivity contribution >= 4 is 11.6 Å². The van der Waals surface area contributed by atoms with Gasteiger partial charge in [0.2, 0.25) is 5.92 Å². The average Bonchev–Trinajstić information content (AvgIpc) is 2.45. The van der Waals surface area contributed by atoms with Gasteiger partial charge in [0, 0.05) is 23.9 Å². The number of benzene rings is 1. The molecule has 1 atom stereocenters. The summed E-state index contributed by atoms with van der Waals surface area (Å²) in [7, 11) is 1.60. The van der Waals surface area contributed by atoms with E-state index in [4.69, 9.17) is 22.2 Å². The van der Waals surface area contributed by atoms with Gasteiger partial charge in [0.15, 0.2) is 0 Å². The van der Waals surface area contributed by atoms with E-state index in [-0.39, 0.29) is 24.8 Å². The van der Waals surface area contributed by atoms with Crippen LogP contribution in [0.25, 0.3) is 0 Å². The van der Waals surface area contributed by atoms with E-state index in [1.807, 2.05) is 6.07 Å². The monoisotopic (exact) mass is 318 g/mol. The molecule has 1 fully saturated rings. The third-order valence-corrected chi connectivity index (χ3v) is 4.46. The molecule has 3 N–H and O–H groups in total. The van der Waals surface area contributed by atoms with Crippen LogP contribution in [0.4, 0.5) is 8.78 Å². The van der Waals surface area contributed by atoms with E-state index >= 15 is 0 Å². The summed E-state index contributed by atoms with van der Waals surface area (Å²) in [6, 6.07) is 5.34. The minimum Gasteiger partial charge on any atom is -0.496 e. The molecule has 1 unspecified atom stereocenters. The fourth-order valence-corrected chi connectivity index (χ4v) is 3.16. The van der Waals surface area contributed by atoms with Crippen molar-refractivity contribution in [1.82, 2.24) is 5.43 Å². The topological polar surface area (TPSA) is 47.3 Å². The lowest BCUT2D eigenvalue weighted by Gasteiger charge is -2.33. The molecule has 0 radical (unpaired) electrons. The van der Waals surface area contributed by atoms with Gasteiger partial charge >= 0.3 is 0 Å². The summed E-state index contributed by atoms with van der Waals surface area (Å²) in [5.74, 6) is 3.99. The summed E-state index contributed by atoms with van der Waals surface area (Å²) in [5, 5.41) is 0.622. The molecule has 0 saturated heterocycles. The van der Waals surface area contributed by atoms with Gasteiger partial charge in [-0.25, -0.2) is 8.78 Å². The molecule has 2 rings (SSSR count). The third-order valence-electron chi connectivity index (χ3n) is 4.23. The molecular weight excluding hydrogens is 298 g/mol. The fourth-order valence-electron chi connectivity index (χ4n) is 2.97. The number of alkyl halides is 2. The molecule has 1 aliphatic rings. The summed E-state index contributed by atoms with van der Waals surface area (Å²) >= 11 is 6.02. The van der Waals surface area contributed by atoms with Crippen molar-refractivity contribution in [3.05, 3.63) is 28.8 Å². The first-order chi connectivity index (χ1) is 9.95. The van der Waals surface area contributed by atoms with E-state index in [0.717, 1.165) is 11.3 Å². The molecule has 1 aliphatic carbocycles. The second-order valence-corrected chi connectivity index (χ2v) is 6.06. The van der Waals surface area contributed by atoms with Crippen molar-refractivity contribution < 1.29 is 13.5 Å². The lowest BCUT2D eigenvalue weighted by Crippen LogP contribution is -2.44. The Labute approximate surface area is 128 Å². The van der Waals surface area contributed by atoms with Crippen molar-refractivity contribution in [2.45, 2.75) is 44.1 Å². The number of hydrogen-bond donors (Lipinski definition) is 2. The van der Waals surface area contributed by atoms with E-state index in [0.29, 0.717) is 24.3 Å². The summed E-state index contributed by atoms with van der Waals surface area (Å²) in [4.78, 5) is 0. The van der Waals surface area contributed by atoms with Gasteiger partial charge in [-0.3, -0.25) is 11.3 Å². The molecule has 21 heavy (non-hydrogen) atoms. The second kappa shape index (κ2) is 6.90. The molecule has 0 bridgehead atoms. The number of methoxy groups -OCH3 is 1. The predicted octanol–water partition coefficient (Wildman–Crippen LogP) is 3.55. The van der Waals surface area contributed by atoms with Crippen LogP contribution in [0.15, 0.2) is 18.2 Å². The SMILES string of the molecule is COc1ccc(Cl)cc1CC(NN)C1CCC(F)(F)CC1. The van der Waals surface area contributed by atoms with Crippen molar-refractivity contribution in [2.75, 3.05) is 7.11 Å². The summed E-state index contributed by atoms with van der Waals surface area (Å²) in [6.45, 7) is 0. The molecule has 0 amide bonds. The number of halogens is 3. The Balaban J connectivity index is 2.07. The summed E-state index contributed by atoms with van der Waals surface area (Å²) < 4.78 is 31.8. The van der Waals surface area contributed by atoms with E-state index in [2.05, 4.69) is 5.43 Å². The zero-order chi connectivity index (χ0) is 15.5. The van der Waals surface area contributed by atoms with Crippen LogP contribution >= 0.6 is 11.6 Å². The molecule has 0 aromatic heterocycles. The highest BCUT2D eigenvalue weighted by Crippen LogP contribution is 2.38. The highest BCUT2D eigenvalue weighted by atomic mass is 35.5. The zero-order valence-electron chi connectivity index (χ0n) is 12.0. The number of hydrogen-bond acceptors (Lipinski definition) is 3. The largest absolute Gasteiger partial charge is 0.496 e. The van der Waals surface area contributed by atoms with E-state index < -0.39 is 5.92 Å². The van der Waals surface area contributed by atoms with Crippen LogP contribution in [0.1, 0.15) is 31.2 Å². The van der Waals surface area contributed by atoms with Crippen LogP contribution in [0, 0.1) is 5.92 Å². The third kappa shape index (κ3) is 4.28. The maximum absolute atomic E-state index is 13.3. The highest BCUT2D eigenvalue weighted by molar-refractivity contribution is 6.30. The van der Waals surface area contributed by atoms with Gasteiger partial charge in [0.1, 0.15) is 5.75 Å². The number of nitrogens with two attached hydrogens (primary N) is 1. The lowest BCUT2D eigenvalue weighted by molar-refractivity contribution is -0.0495. The first kappa shape index (κ1) is 16.5. The molecule has 1 aromatic carbocycles. The Morgan fingerprint density at radius 3 is 2.67 bits per heavy atom. The summed E-state index contributed by atoms with van der Waals surface area (Å²) in [5.41, 5.74) is 3.71. The normalized spacial score (nSPS) is 20.2. The van der Waals surface area contributed by atoms with Gasteiger partial charge in [0.25, 0.3) is 0 Å². The molecule has 0 aliphatic heterocycles. The average molecular weight is 319 g/mol. The Morgan fingerprint density at radius 1 is 1.43 bits per heavy atom. The Kier molecular flexibility index (Phi) is 5.41. The van der Waals surface area contributed by atoms with Crippen LogP contribution in [-0.2, 0) is 6.42 Å². The van der Waals surface area contributed by atoms with Gasteiger partial charge in [-0.2, -0.15) is 0 Å².